The molecule has 0 aromatic heterocycles. The maximum Gasteiger partial charge on any atom is 0.253 e. The Labute approximate surface area is 121 Å². The van der Waals surface area contributed by atoms with Gasteiger partial charge >= 0.3 is 0 Å². The molecule has 0 unspecified atom stereocenters. The van der Waals surface area contributed by atoms with Crippen LogP contribution >= 0.6 is 15.9 Å². The summed E-state index contributed by atoms with van der Waals surface area (Å²) in [5, 5.41) is 0.956. The summed E-state index contributed by atoms with van der Waals surface area (Å²) in [6.07, 6.45) is 0. The third kappa shape index (κ3) is 3.54. The Balaban J connectivity index is 1.99. The van der Waals surface area contributed by atoms with Gasteiger partial charge in [-0.25, -0.2) is 4.39 Å². The van der Waals surface area contributed by atoms with Crippen LogP contribution in [0.15, 0.2) is 18.2 Å². The van der Waals surface area contributed by atoms with Crippen LogP contribution in [0.4, 0.5) is 4.39 Å². The van der Waals surface area contributed by atoms with Crippen molar-refractivity contribution in [1.82, 2.24) is 9.80 Å². The van der Waals surface area contributed by atoms with Crippen LogP contribution in [0, 0.1) is 12.7 Å². The number of nitrogens with zero attached hydrogens (tertiary/aromatic N) is 2. The normalized spacial score (nSPS) is 16.7. The Kier molecular flexibility index (Phi) is 4.93. The monoisotopic (exact) mass is 328 g/mol. The second-order valence-electron chi connectivity index (χ2n) is 4.79. The molecule has 0 N–H and O–H groups in total. The van der Waals surface area contributed by atoms with E-state index in [1.807, 2.05) is 4.90 Å². The number of alkyl halides is 1. The molecule has 1 aliphatic rings. The van der Waals surface area contributed by atoms with Gasteiger partial charge in [0.05, 0.1) is 0 Å². The number of amides is 1. The maximum absolute atomic E-state index is 13.2. The third-order valence-electron chi connectivity index (χ3n) is 3.47. The van der Waals surface area contributed by atoms with E-state index in [-0.39, 0.29) is 11.7 Å². The smallest absolute Gasteiger partial charge is 0.253 e. The summed E-state index contributed by atoms with van der Waals surface area (Å²) in [5.74, 6) is -0.264. The van der Waals surface area contributed by atoms with Gasteiger partial charge in [-0.3, -0.25) is 9.69 Å². The average molecular weight is 329 g/mol. The fourth-order valence-corrected chi connectivity index (χ4v) is 2.76. The Morgan fingerprint density at radius 1 is 1.32 bits per heavy atom. The molecule has 1 saturated heterocycles. The second kappa shape index (κ2) is 6.48. The van der Waals surface area contributed by atoms with Gasteiger partial charge < -0.3 is 4.90 Å². The highest BCUT2D eigenvalue weighted by Gasteiger charge is 2.21. The van der Waals surface area contributed by atoms with Crippen molar-refractivity contribution in [2.24, 2.45) is 0 Å². The molecule has 1 aliphatic heterocycles. The van der Waals surface area contributed by atoms with Gasteiger partial charge in [0.25, 0.3) is 5.91 Å². The van der Waals surface area contributed by atoms with Crippen LogP contribution in [0.5, 0.6) is 0 Å². The van der Waals surface area contributed by atoms with Crippen LogP contribution in [0.25, 0.3) is 0 Å². The van der Waals surface area contributed by atoms with Crippen molar-refractivity contribution in [1.29, 1.82) is 0 Å². The topological polar surface area (TPSA) is 23.6 Å². The van der Waals surface area contributed by atoms with Crippen molar-refractivity contribution in [3.63, 3.8) is 0 Å². The van der Waals surface area contributed by atoms with Crippen LogP contribution in [-0.2, 0) is 0 Å². The number of hydrogen-bond donors (Lipinski definition) is 0. The lowest BCUT2D eigenvalue weighted by molar-refractivity contribution is 0.0645. The van der Waals surface area contributed by atoms with Gasteiger partial charge in [-0.05, 0) is 30.7 Å². The standard InChI is InChI=1S/C14H18BrFN2O/c1-11-10-12(2-3-13(11)16)14(19)18-8-6-17(5-4-15)7-9-18/h2-3,10H,4-9H2,1H3. The van der Waals surface area contributed by atoms with E-state index in [9.17, 15) is 9.18 Å². The number of benzene rings is 1. The zero-order valence-electron chi connectivity index (χ0n) is 11.0. The molecule has 3 nitrogen and oxygen atoms in total. The second-order valence-corrected chi connectivity index (χ2v) is 5.58. The molecule has 0 atom stereocenters. The summed E-state index contributed by atoms with van der Waals surface area (Å²) in [6, 6.07) is 4.56. The van der Waals surface area contributed by atoms with Gasteiger partial charge in [-0.1, -0.05) is 15.9 Å². The van der Waals surface area contributed by atoms with E-state index < -0.39 is 0 Å². The minimum absolute atomic E-state index is 0.00147. The fourth-order valence-electron chi connectivity index (χ4n) is 2.25. The lowest BCUT2D eigenvalue weighted by Crippen LogP contribution is -2.49. The van der Waals surface area contributed by atoms with E-state index in [1.165, 1.54) is 6.07 Å². The summed E-state index contributed by atoms with van der Waals surface area (Å²) < 4.78 is 13.2. The first kappa shape index (κ1) is 14.5. The maximum atomic E-state index is 13.2. The molecule has 2 rings (SSSR count). The van der Waals surface area contributed by atoms with E-state index in [0.29, 0.717) is 11.1 Å². The van der Waals surface area contributed by atoms with Crippen molar-refractivity contribution in [2.45, 2.75) is 6.92 Å². The molecular formula is C14H18BrFN2O. The van der Waals surface area contributed by atoms with E-state index in [1.54, 1.807) is 19.1 Å². The molecule has 1 aromatic carbocycles. The minimum Gasteiger partial charge on any atom is -0.336 e. The zero-order chi connectivity index (χ0) is 13.8. The van der Waals surface area contributed by atoms with Gasteiger partial charge in [0.1, 0.15) is 5.82 Å². The Bertz CT molecular complexity index is 459. The number of rotatable bonds is 3. The molecule has 104 valence electrons. The van der Waals surface area contributed by atoms with Gasteiger partial charge in [-0.2, -0.15) is 0 Å². The molecule has 1 fully saturated rings. The van der Waals surface area contributed by atoms with Crippen molar-refractivity contribution in [3.05, 3.63) is 35.1 Å². The number of carbonyl (C=O) groups is 1. The number of carbonyl (C=O) groups excluding carboxylic acids is 1. The fraction of sp³-hybridized carbons (Fsp3) is 0.500. The number of halogens is 2. The summed E-state index contributed by atoms with van der Waals surface area (Å²) in [4.78, 5) is 16.5. The summed E-state index contributed by atoms with van der Waals surface area (Å²) >= 11 is 3.42. The molecule has 0 aliphatic carbocycles. The van der Waals surface area contributed by atoms with E-state index >= 15 is 0 Å². The molecule has 1 amide bonds. The Morgan fingerprint density at radius 2 is 2.00 bits per heavy atom. The molecule has 0 bridgehead atoms. The van der Waals surface area contributed by atoms with E-state index in [4.69, 9.17) is 0 Å². The quantitative estimate of drug-likeness (QED) is 0.795. The van der Waals surface area contributed by atoms with Gasteiger partial charge in [-0.15, -0.1) is 0 Å². The van der Waals surface area contributed by atoms with Crippen LogP contribution in [0.2, 0.25) is 0 Å². The van der Waals surface area contributed by atoms with Crippen molar-refractivity contribution in [3.8, 4) is 0 Å². The van der Waals surface area contributed by atoms with Crippen LogP contribution in [0.1, 0.15) is 15.9 Å². The highest BCUT2D eigenvalue weighted by molar-refractivity contribution is 9.09. The third-order valence-corrected chi connectivity index (χ3v) is 3.82. The Hall–Kier alpha value is -0.940. The Morgan fingerprint density at radius 3 is 2.58 bits per heavy atom. The van der Waals surface area contributed by atoms with Crippen molar-refractivity contribution in [2.75, 3.05) is 38.1 Å². The first-order valence-corrected chi connectivity index (χ1v) is 7.57. The van der Waals surface area contributed by atoms with Crippen LogP contribution in [0.3, 0.4) is 0 Å². The molecule has 5 heteroatoms. The summed E-state index contributed by atoms with van der Waals surface area (Å²) in [5.41, 5.74) is 1.09. The van der Waals surface area contributed by atoms with Crippen molar-refractivity contribution >= 4 is 21.8 Å². The first-order valence-electron chi connectivity index (χ1n) is 6.45. The van der Waals surface area contributed by atoms with E-state index in [0.717, 1.165) is 38.1 Å². The highest BCUT2D eigenvalue weighted by atomic mass is 79.9. The average Bonchev–Trinajstić information content (AvgIpc) is 2.42. The first-order chi connectivity index (χ1) is 9.11. The van der Waals surface area contributed by atoms with Gasteiger partial charge in [0, 0.05) is 43.6 Å². The van der Waals surface area contributed by atoms with E-state index in [2.05, 4.69) is 20.8 Å². The van der Waals surface area contributed by atoms with Crippen LogP contribution < -0.4 is 0 Å². The molecule has 0 radical (unpaired) electrons. The SMILES string of the molecule is Cc1cc(C(=O)N2CCN(CCBr)CC2)ccc1F. The molecule has 0 saturated carbocycles. The molecular weight excluding hydrogens is 311 g/mol. The number of piperazine rings is 1. The molecule has 19 heavy (non-hydrogen) atoms. The number of hydrogen-bond acceptors (Lipinski definition) is 2. The van der Waals surface area contributed by atoms with Gasteiger partial charge in [0.15, 0.2) is 0 Å². The molecule has 1 heterocycles. The summed E-state index contributed by atoms with van der Waals surface area (Å²) in [6.45, 7) is 5.97. The van der Waals surface area contributed by atoms with Gasteiger partial charge in [0.2, 0.25) is 0 Å². The molecule has 0 spiro atoms. The predicted octanol–water partition coefficient (Wildman–Crippen LogP) is 2.29. The van der Waals surface area contributed by atoms with Crippen molar-refractivity contribution < 1.29 is 9.18 Å². The lowest BCUT2D eigenvalue weighted by Gasteiger charge is -2.34. The minimum atomic E-state index is -0.265. The highest BCUT2D eigenvalue weighted by Crippen LogP contribution is 2.13. The molecule has 1 aromatic rings. The zero-order valence-corrected chi connectivity index (χ0v) is 12.6. The number of aryl methyl sites for hydroxylation is 1. The largest absolute Gasteiger partial charge is 0.336 e. The summed E-state index contributed by atoms with van der Waals surface area (Å²) in [7, 11) is 0. The van der Waals surface area contributed by atoms with Crippen LogP contribution in [-0.4, -0.2) is 53.8 Å². The predicted molar refractivity (Wildman–Crippen MR) is 77.3 cm³/mol. The lowest BCUT2D eigenvalue weighted by atomic mass is 10.1.